The van der Waals surface area contributed by atoms with E-state index in [4.69, 9.17) is 0 Å². The van der Waals surface area contributed by atoms with Gasteiger partial charge in [-0.05, 0) is 37.6 Å². The Balaban J connectivity index is 2.16. The molecule has 0 saturated carbocycles. The molecule has 1 N–H and O–H groups in total. The van der Waals surface area contributed by atoms with Crippen molar-refractivity contribution >= 4 is 0 Å². The summed E-state index contributed by atoms with van der Waals surface area (Å²) in [5.74, 6) is -2.64. The molecule has 2 atom stereocenters. The molecule has 0 spiro atoms. The maximum atomic E-state index is 13.7. The molecule has 0 radical (unpaired) electrons. The number of rotatable bonds is 4. The van der Waals surface area contributed by atoms with Gasteiger partial charge in [0.25, 0.3) is 0 Å². The third-order valence-electron chi connectivity index (χ3n) is 3.31. The Morgan fingerprint density at radius 2 is 1.38 bits per heavy atom. The normalized spacial score (nSPS) is 14.0. The van der Waals surface area contributed by atoms with Gasteiger partial charge in [-0.15, -0.1) is 0 Å². The highest BCUT2D eigenvalue weighted by Crippen LogP contribution is 2.23. The number of benzene rings is 2. The van der Waals surface area contributed by atoms with Crippen molar-refractivity contribution in [3.8, 4) is 0 Å². The Bertz CT molecular complexity index is 622. The van der Waals surface area contributed by atoms with E-state index >= 15 is 0 Å². The van der Waals surface area contributed by atoms with Crippen molar-refractivity contribution in [2.24, 2.45) is 0 Å². The zero-order valence-corrected chi connectivity index (χ0v) is 11.6. The van der Waals surface area contributed by atoms with Gasteiger partial charge in [0.1, 0.15) is 23.3 Å². The number of hydrogen-bond acceptors (Lipinski definition) is 1. The van der Waals surface area contributed by atoms with Gasteiger partial charge in [0.05, 0.1) is 0 Å². The van der Waals surface area contributed by atoms with Crippen LogP contribution >= 0.6 is 0 Å². The van der Waals surface area contributed by atoms with Crippen molar-refractivity contribution in [3.63, 3.8) is 0 Å². The first-order valence-corrected chi connectivity index (χ1v) is 6.54. The summed E-state index contributed by atoms with van der Waals surface area (Å²) in [6.07, 6.45) is 0. The Morgan fingerprint density at radius 3 is 1.95 bits per heavy atom. The second-order valence-electron chi connectivity index (χ2n) is 4.98. The van der Waals surface area contributed by atoms with E-state index in [0.29, 0.717) is 11.1 Å². The van der Waals surface area contributed by atoms with E-state index in [1.54, 1.807) is 13.8 Å². The predicted molar refractivity (Wildman–Crippen MR) is 72.7 cm³/mol. The third kappa shape index (κ3) is 3.82. The van der Waals surface area contributed by atoms with E-state index in [9.17, 15) is 17.6 Å². The Morgan fingerprint density at radius 1 is 0.762 bits per heavy atom. The molecule has 0 aliphatic rings. The highest BCUT2D eigenvalue weighted by molar-refractivity contribution is 5.24. The molecule has 0 bridgehead atoms. The van der Waals surface area contributed by atoms with Gasteiger partial charge in [0.2, 0.25) is 0 Å². The van der Waals surface area contributed by atoms with Gasteiger partial charge in [-0.3, -0.25) is 0 Å². The van der Waals surface area contributed by atoms with Crippen LogP contribution in [-0.2, 0) is 0 Å². The summed E-state index contributed by atoms with van der Waals surface area (Å²) in [5.41, 5.74) is 0.710. The van der Waals surface area contributed by atoms with E-state index in [0.717, 1.165) is 12.1 Å². The van der Waals surface area contributed by atoms with Crippen molar-refractivity contribution in [1.82, 2.24) is 5.32 Å². The Kier molecular flexibility index (Phi) is 4.63. The van der Waals surface area contributed by atoms with E-state index in [-0.39, 0.29) is 0 Å². The largest absolute Gasteiger partial charge is 0.304 e. The van der Waals surface area contributed by atoms with Crippen LogP contribution in [0.4, 0.5) is 17.6 Å². The fourth-order valence-corrected chi connectivity index (χ4v) is 2.24. The van der Waals surface area contributed by atoms with Crippen LogP contribution in [-0.4, -0.2) is 0 Å². The lowest BCUT2D eigenvalue weighted by atomic mass is 10.0. The second kappa shape index (κ2) is 6.26. The topological polar surface area (TPSA) is 12.0 Å². The fourth-order valence-electron chi connectivity index (χ4n) is 2.24. The van der Waals surface area contributed by atoms with Crippen LogP contribution in [0.3, 0.4) is 0 Å². The van der Waals surface area contributed by atoms with Crippen molar-refractivity contribution in [2.45, 2.75) is 25.9 Å². The molecular weight excluding hydrogens is 282 g/mol. The predicted octanol–water partition coefficient (Wildman–Crippen LogP) is 4.65. The Labute approximate surface area is 120 Å². The van der Waals surface area contributed by atoms with Crippen LogP contribution in [0.2, 0.25) is 0 Å². The maximum absolute atomic E-state index is 13.7. The second-order valence-corrected chi connectivity index (χ2v) is 4.98. The molecule has 112 valence electrons. The molecular formula is C16H15F4N. The van der Waals surface area contributed by atoms with Crippen LogP contribution in [0, 0.1) is 23.3 Å². The lowest BCUT2D eigenvalue weighted by Crippen LogP contribution is -2.23. The summed E-state index contributed by atoms with van der Waals surface area (Å²) < 4.78 is 52.9. The van der Waals surface area contributed by atoms with Crippen molar-refractivity contribution in [2.75, 3.05) is 0 Å². The summed E-state index contributed by atoms with van der Waals surface area (Å²) >= 11 is 0. The molecule has 5 heteroatoms. The summed E-state index contributed by atoms with van der Waals surface area (Å²) in [6.45, 7) is 3.41. The summed E-state index contributed by atoms with van der Waals surface area (Å²) in [6, 6.07) is 5.72. The molecule has 21 heavy (non-hydrogen) atoms. The van der Waals surface area contributed by atoms with Crippen molar-refractivity contribution in [1.29, 1.82) is 0 Å². The molecule has 0 amide bonds. The van der Waals surface area contributed by atoms with Crippen molar-refractivity contribution in [3.05, 3.63) is 70.8 Å². The zero-order chi connectivity index (χ0) is 15.6. The molecule has 2 aromatic carbocycles. The van der Waals surface area contributed by atoms with Gasteiger partial charge in [0.15, 0.2) is 0 Å². The van der Waals surface area contributed by atoms with Crippen molar-refractivity contribution < 1.29 is 17.6 Å². The molecule has 2 rings (SSSR count). The fraction of sp³-hybridized carbons (Fsp3) is 0.250. The van der Waals surface area contributed by atoms with E-state index in [2.05, 4.69) is 5.32 Å². The average Bonchev–Trinajstić information content (AvgIpc) is 2.37. The van der Waals surface area contributed by atoms with Crippen LogP contribution in [0.1, 0.15) is 37.1 Å². The number of hydrogen-bond donors (Lipinski definition) is 1. The minimum Gasteiger partial charge on any atom is -0.304 e. The number of nitrogens with one attached hydrogen (secondary N) is 1. The van der Waals surface area contributed by atoms with E-state index in [1.807, 2.05) is 0 Å². The average molecular weight is 297 g/mol. The molecule has 0 aliphatic heterocycles. The molecule has 0 heterocycles. The van der Waals surface area contributed by atoms with Gasteiger partial charge < -0.3 is 5.32 Å². The highest BCUT2D eigenvalue weighted by Gasteiger charge is 2.16. The highest BCUT2D eigenvalue weighted by atomic mass is 19.1. The smallest absolute Gasteiger partial charge is 0.130 e. The van der Waals surface area contributed by atoms with Crippen LogP contribution in [0.5, 0.6) is 0 Å². The molecule has 0 aliphatic carbocycles. The molecule has 0 fully saturated rings. The molecule has 2 unspecified atom stereocenters. The molecule has 1 nitrogen and oxygen atoms in total. The van der Waals surface area contributed by atoms with Crippen LogP contribution < -0.4 is 5.32 Å². The zero-order valence-electron chi connectivity index (χ0n) is 11.6. The van der Waals surface area contributed by atoms with Gasteiger partial charge in [0, 0.05) is 29.8 Å². The molecule has 0 saturated heterocycles. The first-order chi connectivity index (χ1) is 9.86. The summed E-state index contributed by atoms with van der Waals surface area (Å²) in [4.78, 5) is 0. The first kappa shape index (κ1) is 15.5. The summed E-state index contributed by atoms with van der Waals surface area (Å²) in [5, 5.41) is 3.03. The lowest BCUT2D eigenvalue weighted by Gasteiger charge is -2.21. The lowest BCUT2D eigenvalue weighted by molar-refractivity contribution is 0.466. The van der Waals surface area contributed by atoms with Gasteiger partial charge in [-0.25, -0.2) is 17.6 Å². The maximum Gasteiger partial charge on any atom is 0.130 e. The third-order valence-corrected chi connectivity index (χ3v) is 3.31. The monoisotopic (exact) mass is 297 g/mol. The number of halogens is 4. The quantitative estimate of drug-likeness (QED) is 0.810. The SMILES string of the molecule is CC(NC(C)c1ccc(F)cc1F)c1cc(F)cc(F)c1. The van der Waals surface area contributed by atoms with Crippen LogP contribution in [0.15, 0.2) is 36.4 Å². The molecule has 2 aromatic rings. The standard InChI is InChI=1S/C16H15F4N/c1-9(11-5-13(18)7-14(19)6-11)21-10(2)15-4-3-12(17)8-16(15)20/h3-10,21H,1-2H3. The Hall–Kier alpha value is -1.88. The minimum atomic E-state index is -0.667. The van der Waals surface area contributed by atoms with Gasteiger partial charge in [-0.2, -0.15) is 0 Å². The van der Waals surface area contributed by atoms with E-state index < -0.39 is 35.4 Å². The van der Waals surface area contributed by atoms with E-state index in [1.165, 1.54) is 24.3 Å². The molecule has 0 aromatic heterocycles. The summed E-state index contributed by atoms with van der Waals surface area (Å²) in [7, 11) is 0. The minimum absolute atomic E-state index is 0.292. The van der Waals surface area contributed by atoms with Crippen LogP contribution in [0.25, 0.3) is 0 Å². The van der Waals surface area contributed by atoms with Gasteiger partial charge in [-0.1, -0.05) is 6.07 Å². The first-order valence-electron chi connectivity index (χ1n) is 6.54. The van der Waals surface area contributed by atoms with Gasteiger partial charge >= 0.3 is 0 Å².